The van der Waals surface area contributed by atoms with Gasteiger partial charge in [0.2, 0.25) is 0 Å². The predicted molar refractivity (Wildman–Crippen MR) is 42.1 cm³/mol. The number of hydrogen-bond donors (Lipinski definition) is 1. The van der Waals surface area contributed by atoms with Gasteiger partial charge in [0, 0.05) is 13.2 Å². The van der Waals surface area contributed by atoms with Crippen molar-refractivity contribution in [3.8, 4) is 0 Å². The molecule has 0 unspecified atom stereocenters. The first-order chi connectivity index (χ1) is 4.93. The number of piperidine rings is 1. The van der Waals surface area contributed by atoms with E-state index in [9.17, 15) is 0 Å². The van der Waals surface area contributed by atoms with Crippen LogP contribution in [0.25, 0.3) is 0 Å². The fraction of sp³-hybridized carbons (Fsp3) is 1.00. The van der Waals surface area contributed by atoms with E-state index >= 15 is 0 Å². The van der Waals surface area contributed by atoms with Crippen LogP contribution in [0.1, 0.15) is 19.8 Å². The second-order valence-electron chi connectivity index (χ2n) is 2.85. The molecule has 1 heterocycles. The minimum atomic E-state index is 0.821. The highest BCUT2D eigenvalue weighted by atomic mass is 16.5. The van der Waals surface area contributed by atoms with E-state index in [1.54, 1.807) is 0 Å². The van der Waals surface area contributed by atoms with Gasteiger partial charge in [-0.1, -0.05) is 0 Å². The Morgan fingerprint density at radius 3 is 2.70 bits per heavy atom. The van der Waals surface area contributed by atoms with Gasteiger partial charge in [-0.3, -0.25) is 0 Å². The molecule has 0 aromatic carbocycles. The summed E-state index contributed by atoms with van der Waals surface area (Å²) >= 11 is 0. The summed E-state index contributed by atoms with van der Waals surface area (Å²) in [6.07, 6.45) is 2.58. The van der Waals surface area contributed by atoms with Crippen LogP contribution in [-0.4, -0.2) is 26.3 Å². The van der Waals surface area contributed by atoms with E-state index in [1.807, 2.05) is 0 Å². The molecule has 1 fully saturated rings. The number of ether oxygens (including phenoxy) is 1. The lowest BCUT2D eigenvalue weighted by atomic mass is 9.99. The predicted octanol–water partition coefficient (Wildman–Crippen LogP) is 1.02. The smallest absolute Gasteiger partial charge is 0.0495 e. The molecule has 10 heavy (non-hydrogen) atoms. The third kappa shape index (κ3) is 2.67. The molecule has 0 saturated carbocycles. The van der Waals surface area contributed by atoms with Crippen molar-refractivity contribution in [3.05, 3.63) is 0 Å². The van der Waals surface area contributed by atoms with E-state index in [0.29, 0.717) is 0 Å². The Morgan fingerprint density at radius 1 is 1.40 bits per heavy atom. The molecule has 0 aromatic heterocycles. The average Bonchev–Trinajstić information content (AvgIpc) is 2.03. The highest BCUT2D eigenvalue weighted by Gasteiger charge is 2.11. The highest BCUT2D eigenvalue weighted by Crippen LogP contribution is 2.11. The zero-order chi connectivity index (χ0) is 7.23. The monoisotopic (exact) mass is 143 g/mol. The van der Waals surface area contributed by atoms with Crippen molar-refractivity contribution in [2.75, 3.05) is 26.3 Å². The van der Waals surface area contributed by atoms with E-state index in [1.165, 1.54) is 25.9 Å². The van der Waals surface area contributed by atoms with Crippen molar-refractivity contribution in [2.45, 2.75) is 19.8 Å². The topological polar surface area (TPSA) is 21.3 Å². The summed E-state index contributed by atoms with van der Waals surface area (Å²) in [5.41, 5.74) is 0. The van der Waals surface area contributed by atoms with Crippen molar-refractivity contribution in [2.24, 2.45) is 5.92 Å². The van der Waals surface area contributed by atoms with Crippen molar-refractivity contribution >= 4 is 0 Å². The number of hydrogen-bond acceptors (Lipinski definition) is 2. The molecule has 0 aromatic rings. The zero-order valence-corrected chi connectivity index (χ0v) is 6.73. The Hall–Kier alpha value is -0.0800. The molecular weight excluding hydrogens is 126 g/mol. The van der Waals surface area contributed by atoms with E-state index < -0.39 is 0 Å². The number of nitrogens with one attached hydrogen (secondary N) is 1. The molecule has 1 aliphatic heterocycles. The van der Waals surface area contributed by atoms with Gasteiger partial charge in [0.05, 0.1) is 0 Å². The van der Waals surface area contributed by atoms with Crippen molar-refractivity contribution < 1.29 is 4.74 Å². The van der Waals surface area contributed by atoms with Gasteiger partial charge in [0.1, 0.15) is 0 Å². The number of rotatable bonds is 3. The molecule has 0 aliphatic carbocycles. The van der Waals surface area contributed by atoms with Crippen LogP contribution in [0.4, 0.5) is 0 Å². The summed E-state index contributed by atoms with van der Waals surface area (Å²) in [5.74, 6) is 0.821. The van der Waals surface area contributed by atoms with Crippen LogP contribution in [0.3, 0.4) is 0 Å². The maximum atomic E-state index is 5.35. The van der Waals surface area contributed by atoms with Gasteiger partial charge < -0.3 is 10.1 Å². The van der Waals surface area contributed by atoms with Gasteiger partial charge in [-0.05, 0) is 38.8 Å². The molecule has 0 spiro atoms. The Kier molecular flexibility index (Phi) is 3.76. The molecular formula is C8H17NO. The standard InChI is InChI=1S/C8H17NO/c1-2-10-7-8-3-5-9-6-4-8/h8-9H,2-7H2,1H3. The Balaban J connectivity index is 2.02. The fourth-order valence-corrected chi connectivity index (χ4v) is 1.33. The largest absolute Gasteiger partial charge is 0.381 e. The Bertz CT molecular complexity index is 79.3. The summed E-state index contributed by atoms with van der Waals surface area (Å²) in [4.78, 5) is 0. The minimum absolute atomic E-state index is 0.821. The zero-order valence-electron chi connectivity index (χ0n) is 6.73. The van der Waals surface area contributed by atoms with Gasteiger partial charge in [-0.2, -0.15) is 0 Å². The first-order valence-electron chi connectivity index (χ1n) is 4.22. The maximum Gasteiger partial charge on any atom is 0.0495 e. The Labute approximate surface area is 63.0 Å². The van der Waals surface area contributed by atoms with Crippen molar-refractivity contribution in [3.63, 3.8) is 0 Å². The molecule has 1 N–H and O–H groups in total. The van der Waals surface area contributed by atoms with Gasteiger partial charge in [0.25, 0.3) is 0 Å². The summed E-state index contributed by atoms with van der Waals surface area (Å²) in [6.45, 7) is 6.25. The molecule has 1 saturated heterocycles. The quantitative estimate of drug-likeness (QED) is 0.637. The lowest BCUT2D eigenvalue weighted by molar-refractivity contribution is 0.0977. The first-order valence-corrected chi connectivity index (χ1v) is 4.22. The van der Waals surface area contributed by atoms with E-state index in [-0.39, 0.29) is 0 Å². The van der Waals surface area contributed by atoms with Crippen LogP contribution < -0.4 is 5.32 Å². The fourth-order valence-electron chi connectivity index (χ4n) is 1.33. The minimum Gasteiger partial charge on any atom is -0.381 e. The van der Waals surface area contributed by atoms with Gasteiger partial charge in [-0.15, -0.1) is 0 Å². The van der Waals surface area contributed by atoms with Crippen molar-refractivity contribution in [1.29, 1.82) is 0 Å². The lowest BCUT2D eigenvalue weighted by Gasteiger charge is -2.21. The van der Waals surface area contributed by atoms with Gasteiger partial charge in [0.15, 0.2) is 0 Å². The van der Waals surface area contributed by atoms with Gasteiger partial charge >= 0.3 is 0 Å². The Morgan fingerprint density at radius 2 is 2.10 bits per heavy atom. The third-order valence-corrected chi connectivity index (χ3v) is 2.02. The first kappa shape index (κ1) is 8.02. The van der Waals surface area contributed by atoms with Gasteiger partial charge in [-0.25, -0.2) is 0 Å². The molecule has 0 amide bonds. The van der Waals surface area contributed by atoms with Crippen molar-refractivity contribution in [1.82, 2.24) is 5.32 Å². The molecule has 2 heteroatoms. The molecule has 0 bridgehead atoms. The molecule has 0 atom stereocenters. The van der Waals surface area contributed by atoms with Crippen LogP contribution in [0.2, 0.25) is 0 Å². The second-order valence-corrected chi connectivity index (χ2v) is 2.85. The summed E-state index contributed by atoms with van der Waals surface area (Å²) < 4.78 is 5.35. The maximum absolute atomic E-state index is 5.35. The molecule has 0 radical (unpaired) electrons. The van der Waals surface area contributed by atoms with Crippen LogP contribution >= 0.6 is 0 Å². The van der Waals surface area contributed by atoms with Crippen LogP contribution in [0.5, 0.6) is 0 Å². The molecule has 2 nitrogen and oxygen atoms in total. The van der Waals surface area contributed by atoms with E-state index in [4.69, 9.17) is 4.74 Å². The summed E-state index contributed by atoms with van der Waals surface area (Å²) in [7, 11) is 0. The van der Waals surface area contributed by atoms with E-state index in [0.717, 1.165) is 19.1 Å². The second kappa shape index (κ2) is 4.69. The summed E-state index contributed by atoms with van der Waals surface area (Å²) in [5, 5.41) is 3.34. The van der Waals surface area contributed by atoms with Crippen LogP contribution in [0.15, 0.2) is 0 Å². The average molecular weight is 143 g/mol. The lowest BCUT2D eigenvalue weighted by Crippen LogP contribution is -2.29. The third-order valence-electron chi connectivity index (χ3n) is 2.02. The molecule has 1 rings (SSSR count). The molecule has 1 aliphatic rings. The SMILES string of the molecule is CCOCC1CCNCC1. The van der Waals surface area contributed by atoms with E-state index in [2.05, 4.69) is 12.2 Å². The normalized spacial score (nSPS) is 21.3. The molecule has 60 valence electrons. The summed E-state index contributed by atoms with van der Waals surface area (Å²) in [6, 6.07) is 0. The van der Waals surface area contributed by atoms with Crippen LogP contribution in [0, 0.1) is 5.92 Å². The highest BCUT2D eigenvalue weighted by molar-refractivity contribution is 4.67. The van der Waals surface area contributed by atoms with Crippen LogP contribution in [-0.2, 0) is 4.74 Å².